The molecule has 0 aromatic heterocycles. The van der Waals surface area contributed by atoms with Crippen LogP contribution in [0.1, 0.15) is 19.8 Å². The SMILES string of the molecule is CCC(COC)NC(=O)C1CC(OC)CN1. The summed E-state index contributed by atoms with van der Waals surface area (Å²) in [6.07, 6.45) is 1.77. The number of nitrogens with one attached hydrogen (secondary N) is 2. The van der Waals surface area contributed by atoms with Crippen LogP contribution in [0.3, 0.4) is 0 Å². The number of carbonyl (C=O) groups excluding carboxylic acids is 1. The number of hydrogen-bond donors (Lipinski definition) is 2. The molecule has 0 saturated carbocycles. The first-order chi connectivity index (χ1) is 7.71. The van der Waals surface area contributed by atoms with E-state index >= 15 is 0 Å². The highest BCUT2D eigenvalue weighted by Gasteiger charge is 2.29. The van der Waals surface area contributed by atoms with E-state index < -0.39 is 0 Å². The van der Waals surface area contributed by atoms with E-state index in [1.54, 1.807) is 14.2 Å². The molecule has 1 aliphatic heterocycles. The quantitative estimate of drug-likeness (QED) is 0.669. The van der Waals surface area contributed by atoms with Crippen LogP contribution in [-0.4, -0.2) is 51.5 Å². The van der Waals surface area contributed by atoms with Gasteiger partial charge in [0.1, 0.15) is 0 Å². The molecule has 1 rings (SSSR count). The van der Waals surface area contributed by atoms with E-state index in [0.717, 1.165) is 19.4 Å². The van der Waals surface area contributed by atoms with Gasteiger partial charge in [0.15, 0.2) is 0 Å². The first kappa shape index (κ1) is 13.4. The van der Waals surface area contributed by atoms with Crippen molar-refractivity contribution in [3.05, 3.63) is 0 Å². The van der Waals surface area contributed by atoms with Crippen LogP contribution < -0.4 is 10.6 Å². The molecule has 1 heterocycles. The Hall–Kier alpha value is -0.650. The Morgan fingerprint density at radius 1 is 1.56 bits per heavy atom. The molecule has 1 aliphatic rings. The Morgan fingerprint density at radius 3 is 2.81 bits per heavy atom. The average molecular weight is 230 g/mol. The Morgan fingerprint density at radius 2 is 2.31 bits per heavy atom. The monoisotopic (exact) mass is 230 g/mol. The van der Waals surface area contributed by atoms with Gasteiger partial charge in [0.2, 0.25) is 5.91 Å². The number of amides is 1. The second-order valence-electron chi connectivity index (χ2n) is 4.12. The van der Waals surface area contributed by atoms with Gasteiger partial charge in [0, 0.05) is 20.8 Å². The normalized spacial score (nSPS) is 26.7. The highest BCUT2D eigenvalue weighted by Crippen LogP contribution is 2.09. The minimum atomic E-state index is -0.129. The molecular weight excluding hydrogens is 208 g/mol. The molecule has 1 saturated heterocycles. The fourth-order valence-electron chi connectivity index (χ4n) is 1.85. The predicted octanol–water partition coefficient (Wildman–Crippen LogP) is -0.0955. The maximum Gasteiger partial charge on any atom is 0.237 e. The van der Waals surface area contributed by atoms with Gasteiger partial charge in [-0.25, -0.2) is 0 Å². The van der Waals surface area contributed by atoms with Gasteiger partial charge >= 0.3 is 0 Å². The molecule has 1 amide bonds. The lowest BCUT2D eigenvalue weighted by atomic mass is 10.1. The maximum atomic E-state index is 11.9. The topological polar surface area (TPSA) is 59.6 Å². The van der Waals surface area contributed by atoms with E-state index in [1.165, 1.54) is 0 Å². The third-order valence-corrected chi connectivity index (χ3v) is 2.95. The lowest BCUT2D eigenvalue weighted by Gasteiger charge is -2.18. The first-order valence-corrected chi connectivity index (χ1v) is 5.76. The van der Waals surface area contributed by atoms with Crippen molar-refractivity contribution in [2.75, 3.05) is 27.4 Å². The zero-order valence-corrected chi connectivity index (χ0v) is 10.3. The number of rotatable bonds is 6. The number of methoxy groups -OCH3 is 2. The number of hydrogen-bond acceptors (Lipinski definition) is 4. The van der Waals surface area contributed by atoms with Crippen molar-refractivity contribution in [3.63, 3.8) is 0 Å². The zero-order valence-electron chi connectivity index (χ0n) is 10.3. The Labute approximate surface area is 96.9 Å². The largest absolute Gasteiger partial charge is 0.383 e. The van der Waals surface area contributed by atoms with E-state index in [-0.39, 0.29) is 24.1 Å². The Balaban J connectivity index is 2.34. The lowest BCUT2D eigenvalue weighted by molar-refractivity contribution is -0.124. The van der Waals surface area contributed by atoms with Crippen LogP contribution in [0, 0.1) is 0 Å². The van der Waals surface area contributed by atoms with Gasteiger partial charge < -0.3 is 20.1 Å². The van der Waals surface area contributed by atoms with Crippen LogP contribution >= 0.6 is 0 Å². The van der Waals surface area contributed by atoms with E-state index in [4.69, 9.17) is 9.47 Å². The minimum absolute atomic E-state index is 0.0449. The molecule has 5 nitrogen and oxygen atoms in total. The van der Waals surface area contributed by atoms with Crippen LogP contribution in [0.5, 0.6) is 0 Å². The summed E-state index contributed by atoms with van der Waals surface area (Å²) in [6, 6.07) is -0.0308. The van der Waals surface area contributed by atoms with Gasteiger partial charge in [-0.1, -0.05) is 6.92 Å². The number of ether oxygens (including phenoxy) is 2. The van der Waals surface area contributed by atoms with Crippen LogP contribution in [0.25, 0.3) is 0 Å². The lowest BCUT2D eigenvalue weighted by Crippen LogP contribution is -2.46. The molecule has 0 aromatic carbocycles. The van der Waals surface area contributed by atoms with Crippen molar-refractivity contribution in [2.24, 2.45) is 0 Å². The molecule has 94 valence electrons. The van der Waals surface area contributed by atoms with E-state index in [0.29, 0.717) is 6.61 Å². The number of carbonyl (C=O) groups is 1. The highest BCUT2D eigenvalue weighted by molar-refractivity contribution is 5.82. The molecule has 2 N–H and O–H groups in total. The standard InChI is InChI=1S/C11H22N2O3/c1-4-8(7-15-2)13-11(14)10-5-9(16-3)6-12-10/h8-10,12H,4-7H2,1-3H3,(H,13,14). The fraction of sp³-hybridized carbons (Fsp3) is 0.909. The second kappa shape index (κ2) is 6.83. The molecule has 0 radical (unpaired) electrons. The molecule has 0 aromatic rings. The average Bonchev–Trinajstić information content (AvgIpc) is 2.76. The zero-order chi connectivity index (χ0) is 12.0. The summed E-state index contributed by atoms with van der Waals surface area (Å²) in [5.41, 5.74) is 0. The van der Waals surface area contributed by atoms with Gasteiger partial charge in [-0.15, -0.1) is 0 Å². The third-order valence-electron chi connectivity index (χ3n) is 2.95. The van der Waals surface area contributed by atoms with Gasteiger partial charge in [0.25, 0.3) is 0 Å². The maximum absolute atomic E-state index is 11.9. The molecule has 3 unspecified atom stereocenters. The van der Waals surface area contributed by atoms with Crippen LogP contribution in [0.4, 0.5) is 0 Å². The first-order valence-electron chi connectivity index (χ1n) is 5.76. The molecule has 0 spiro atoms. The molecule has 0 aliphatic carbocycles. The summed E-state index contributed by atoms with van der Waals surface area (Å²) in [6.45, 7) is 3.34. The second-order valence-corrected chi connectivity index (χ2v) is 4.12. The van der Waals surface area contributed by atoms with Crippen LogP contribution in [-0.2, 0) is 14.3 Å². The molecule has 1 fully saturated rings. The van der Waals surface area contributed by atoms with Gasteiger partial charge in [0.05, 0.1) is 24.8 Å². The Bertz CT molecular complexity index is 223. The van der Waals surface area contributed by atoms with Gasteiger partial charge in [-0.05, 0) is 12.8 Å². The smallest absolute Gasteiger partial charge is 0.237 e. The van der Waals surface area contributed by atoms with Gasteiger partial charge in [-0.3, -0.25) is 4.79 Å². The van der Waals surface area contributed by atoms with Crippen molar-refractivity contribution in [1.29, 1.82) is 0 Å². The summed E-state index contributed by atoms with van der Waals surface area (Å²) in [7, 11) is 3.32. The summed E-state index contributed by atoms with van der Waals surface area (Å²) in [5, 5.41) is 6.12. The molecule has 16 heavy (non-hydrogen) atoms. The summed E-state index contributed by atoms with van der Waals surface area (Å²) in [4.78, 5) is 11.9. The van der Waals surface area contributed by atoms with E-state index in [9.17, 15) is 4.79 Å². The van der Waals surface area contributed by atoms with Crippen molar-refractivity contribution in [1.82, 2.24) is 10.6 Å². The molecule has 3 atom stereocenters. The van der Waals surface area contributed by atoms with E-state index in [1.807, 2.05) is 6.92 Å². The summed E-state index contributed by atoms with van der Waals surface area (Å²) >= 11 is 0. The summed E-state index contributed by atoms with van der Waals surface area (Å²) in [5.74, 6) is 0.0449. The van der Waals surface area contributed by atoms with Crippen molar-refractivity contribution >= 4 is 5.91 Å². The van der Waals surface area contributed by atoms with Crippen molar-refractivity contribution in [3.8, 4) is 0 Å². The molecular formula is C11H22N2O3. The minimum Gasteiger partial charge on any atom is -0.383 e. The van der Waals surface area contributed by atoms with Crippen LogP contribution in [0.15, 0.2) is 0 Å². The van der Waals surface area contributed by atoms with Crippen molar-refractivity contribution < 1.29 is 14.3 Å². The Kier molecular flexibility index (Phi) is 5.73. The predicted molar refractivity (Wildman–Crippen MR) is 61.3 cm³/mol. The molecule has 5 heteroatoms. The molecule has 0 bridgehead atoms. The van der Waals surface area contributed by atoms with Gasteiger partial charge in [-0.2, -0.15) is 0 Å². The van der Waals surface area contributed by atoms with Crippen LogP contribution in [0.2, 0.25) is 0 Å². The highest BCUT2D eigenvalue weighted by atomic mass is 16.5. The van der Waals surface area contributed by atoms with Crippen molar-refractivity contribution in [2.45, 2.75) is 38.0 Å². The fourth-order valence-corrected chi connectivity index (χ4v) is 1.85. The third kappa shape index (κ3) is 3.73. The van der Waals surface area contributed by atoms with E-state index in [2.05, 4.69) is 10.6 Å². The summed E-state index contributed by atoms with van der Waals surface area (Å²) < 4.78 is 10.2.